The summed E-state index contributed by atoms with van der Waals surface area (Å²) in [6, 6.07) is 5.62. The highest BCUT2D eigenvalue weighted by Crippen LogP contribution is 2.13. The number of rotatable bonds is 4. The second kappa shape index (κ2) is 4.76. The van der Waals surface area contributed by atoms with Gasteiger partial charge in [-0.1, -0.05) is 12.2 Å². The minimum absolute atomic E-state index is 0.287. The fraction of sp³-hybridized carbons (Fsp3) is 0.0909. The van der Waals surface area contributed by atoms with Crippen molar-refractivity contribution in [3.8, 4) is 0 Å². The number of hydrogen-bond donors (Lipinski definition) is 2. The van der Waals surface area contributed by atoms with Crippen LogP contribution in [0.4, 0.5) is 5.69 Å². The molecule has 0 radical (unpaired) electrons. The first-order chi connectivity index (χ1) is 7.77. The largest absolute Gasteiger partial charge is 0.472 e. The molecule has 0 aliphatic heterocycles. The Hall–Kier alpha value is -1.88. The molecule has 0 unspecified atom stereocenters. The molecular weight excluding hydrogens is 222 g/mol. The highest BCUT2D eigenvalue weighted by atomic mass is 32.1. The summed E-state index contributed by atoms with van der Waals surface area (Å²) in [5, 5.41) is 3.21. The van der Waals surface area contributed by atoms with Crippen molar-refractivity contribution < 1.29 is 4.42 Å². The maximum absolute atomic E-state index is 5.57. The molecule has 3 N–H and O–H groups in total. The van der Waals surface area contributed by atoms with Gasteiger partial charge in [-0.25, -0.2) is 0 Å². The summed E-state index contributed by atoms with van der Waals surface area (Å²) in [4.78, 5) is 4.41. The molecule has 0 aliphatic rings. The van der Waals surface area contributed by atoms with Crippen LogP contribution in [-0.2, 0) is 6.54 Å². The number of furan rings is 1. The average Bonchev–Trinajstić information content (AvgIpc) is 2.79. The van der Waals surface area contributed by atoms with Gasteiger partial charge in [0.1, 0.15) is 10.7 Å². The molecular formula is C11H11N3OS. The standard InChI is InChI=1S/C11H11N3OS/c12-11(16)10-9(2-1-4-13-10)14-6-8-3-5-15-7-8/h1-5,7,14H,6H2,(H2,12,16). The van der Waals surface area contributed by atoms with Crippen molar-refractivity contribution in [2.45, 2.75) is 6.54 Å². The van der Waals surface area contributed by atoms with E-state index in [0.29, 0.717) is 12.2 Å². The maximum atomic E-state index is 5.57. The van der Waals surface area contributed by atoms with Gasteiger partial charge in [0.15, 0.2) is 0 Å². The minimum atomic E-state index is 0.287. The van der Waals surface area contributed by atoms with Crippen LogP contribution in [0.2, 0.25) is 0 Å². The predicted molar refractivity (Wildman–Crippen MR) is 66.2 cm³/mol. The summed E-state index contributed by atoms with van der Waals surface area (Å²) < 4.78 is 4.97. The van der Waals surface area contributed by atoms with E-state index in [9.17, 15) is 0 Å². The van der Waals surface area contributed by atoms with Gasteiger partial charge in [-0.2, -0.15) is 0 Å². The van der Waals surface area contributed by atoms with E-state index in [4.69, 9.17) is 22.4 Å². The highest BCUT2D eigenvalue weighted by Gasteiger charge is 2.05. The third-order valence-corrected chi connectivity index (χ3v) is 2.30. The lowest BCUT2D eigenvalue weighted by atomic mass is 10.2. The van der Waals surface area contributed by atoms with Crippen molar-refractivity contribution >= 4 is 22.9 Å². The molecule has 5 heteroatoms. The Bertz CT molecular complexity index is 482. The second-order valence-electron chi connectivity index (χ2n) is 3.25. The molecule has 0 fully saturated rings. The fourth-order valence-corrected chi connectivity index (χ4v) is 1.50. The number of hydrogen-bond acceptors (Lipinski definition) is 4. The van der Waals surface area contributed by atoms with Gasteiger partial charge >= 0.3 is 0 Å². The van der Waals surface area contributed by atoms with Gasteiger partial charge in [0.2, 0.25) is 0 Å². The lowest BCUT2D eigenvalue weighted by Crippen LogP contribution is -2.14. The van der Waals surface area contributed by atoms with Crippen molar-refractivity contribution in [3.63, 3.8) is 0 Å². The number of thiocarbonyl (C=S) groups is 1. The smallest absolute Gasteiger partial charge is 0.124 e. The molecule has 0 spiro atoms. The molecule has 0 atom stereocenters. The van der Waals surface area contributed by atoms with Crippen molar-refractivity contribution in [2.24, 2.45) is 5.73 Å². The van der Waals surface area contributed by atoms with Crippen LogP contribution in [0.1, 0.15) is 11.3 Å². The van der Waals surface area contributed by atoms with Gasteiger partial charge in [0.05, 0.1) is 18.2 Å². The van der Waals surface area contributed by atoms with Gasteiger partial charge < -0.3 is 15.5 Å². The van der Waals surface area contributed by atoms with E-state index < -0.39 is 0 Å². The summed E-state index contributed by atoms with van der Waals surface area (Å²) in [5.41, 5.74) is 8.07. The van der Waals surface area contributed by atoms with Gasteiger partial charge in [-0.05, 0) is 18.2 Å². The highest BCUT2D eigenvalue weighted by molar-refractivity contribution is 7.80. The molecule has 2 aromatic heterocycles. The summed E-state index contributed by atoms with van der Waals surface area (Å²) in [6.45, 7) is 0.651. The number of aromatic nitrogens is 1. The monoisotopic (exact) mass is 233 g/mol. The van der Waals surface area contributed by atoms with Crippen LogP contribution in [0.3, 0.4) is 0 Å². The third kappa shape index (κ3) is 2.38. The quantitative estimate of drug-likeness (QED) is 0.790. The molecule has 2 heterocycles. The molecule has 0 saturated carbocycles. The van der Waals surface area contributed by atoms with E-state index in [-0.39, 0.29) is 4.99 Å². The van der Waals surface area contributed by atoms with Gasteiger partial charge in [0.25, 0.3) is 0 Å². The number of pyridine rings is 1. The van der Waals surface area contributed by atoms with E-state index in [1.165, 1.54) is 0 Å². The van der Waals surface area contributed by atoms with Crippen LogP contribution in [-0.4, -0.2) is 9.97 Å². The van der Waals surface area contributed by atoms with Crippen molar-refractivity contribution in [3.05, 3.63) is 48.2 Å². The zero-order valence-electron chi connectivity index (χ0n) is 8.51. The Morgan fingerprint density at radius 1 is 1.50 bits per heavy atom. The Morgan fingerprint density at radius 2 is 2.38 bits per heavy atom. The minimum Gasteiger partial charge on any atom is -0.472 e. The van der Waals surface area contributed by atoms with E-state index in [1.807, 2.05) is 18.2 Å². The molecule has 4 nitrogen and oxygen atoms in total. The zero-order valence-corrected chi connectivity index (χ0v) is 9.33. The van der Waals surface area contributed by atoms with E-state index >= 15 is 0 Å². The fourth-order valence-electron chi connectivity index (χ4n) is 1.33. The van der Waals surface area contributed by atoms with Gasteiger partial charge in [0, 0.05) is 18.3 Å². The molecule has 0 aliphatic carbocycles. The molecule has 82 valence electrons. The van der Waals surface area contributed by atoms with Crippen molar-refractivity contribution in [1.82, 2.24) is 4.98 Å². The second-order valence-corrected chi connectivity index (χ2v) is 3.69. The Kier molecular flexibility index (Phi) is 3.16. The first kappa shape index (κ1) is 10.6. The van der Waals surface area contributed by atoms with Crippen LogP contribution in [0.15, 0.2) is 41.3 Å². The zero-order chi connectivity index (χ0) is 11.4. The van der Waals surface area contributed by atoms with Crippen LogP contribution in [0.25, 0.3) is 0 Å². The summed E-state index contributed by atoms with van der Waals surface area (Å²) in [7, 11) is 0. The number of nitrogens with zero attached hydrogens (tertiary/aromatic N) is 1. The normalized spacial score (nSPS) is 10.0. The number of nitrogens with two attached hydrogens (primary N) is 1. The van der Waals surface area contributed by atoms with Crippen molar-refractivity contribution in [2.75, 3.05) is 5.32 Å². The molecule has 0 amide bonds. The van der Waals surface area contributed by atoms with Gasteiger partial charge in [-0.15, -0.1) is 0 Å². The number of anilines is 1. The molecule has 0 aromatic carbocycles. The summed E-state index contributed by atoms with van der Waals surface area (Å²) >= 11 is 4.92. The van der Waals surface area contributed by atoms with E-state index in [2.05, 4.69) is 10.3 Å². The first-order valence-electron chi connectivity index (χ1n) is 4.77. The molecule has 0 saturated heterocycles. The molecule has 0 bridgehead atoms. The SMILES string of the molecule is NC(=S)c1ncccc1NCc1ccoc1. The average molecular weight is 233 g/mol. The lowest BCUT2D eigenvalue weighted by molar-refractivity contribution is 0.564. The molecule has 16 heavy (non-hydrogen) atoms. The Morgan fingerprint density at radius 3 is 3.06 bits per heavy atom. The predicted octanol–water partition coefficient (Wildman–Crippen LogP) is 1.92. The topological polar surface area (TPSA) is 64.1 Å². The number of nitrogens with one attached hydrogen (secondary N) is 1. The van der Waals surface area contributed by atoms with Crippen molar-refractivity contribution in [1.29, 1.82) is 0 Å². The summed E-state index contributed by atoms with van der Waals surface area (Å²) in [5.74, 6) is 0. The van der Waals surface area contributed by atoms with E-state index in [0.717, 1.165) is 11.3 Å². The van der Waals surface area contributed by atoms with Crippen LogP contribution in [0.5, 0.6) is 0 Å². The molecule has 2 rings (SSSR count). The van der Waals surface area contributed by atoms with Crippen LogP contribution in [0, 0.1) is 0 Å². The summed E-state index contributed by atoms with van der Waals surface area (Å²) in [6.07, 6.45) is 4.98. The third-order valence-electron chi connectivity index (χ3n) is 2.10. The maximum Gasteiger partial charge on any atom is 0.124 e. The Balaban J connectivity index is 2.12. The first-order valence-corrected chi connectivity index (χ1v) is 5.18. The lowest BCUT2D eigenvalue weighted by Gasteiger charge is -2.08. The van der Waals surface area contributed by atoms with E-state index in [1.54, 1.807) is 18.7 Å². The van der Waals surface area contributed by atoms with Gasteiger partial charge in [-0.3, -0.25) is 4.98 Å². The molecule has 2 aromatic rings. The Labute approximate surface area is 98.5 Å². The van der Waals surface area contributed by atoms with Crippen LogP contribution >= 0.6 is 12.2 Å². The van der Waals surface area contributed by atoms with Crippen LogP contribution < -0.4 is 11.1 Å².